The van der Waals surface area contributed by atoms with Crippen LogP contribution in [-0.4, -0.2) is 55.2 Å². The quantitative estimate of drug-likeness (QED) is 0.654. The van der Waals surface area contributed by atoms with Gasteiger partial charge in [0.2, 0.25) is 5.95 Å². The van der Waals surface area contributed by atoms with Crippen LogP contribution in [0.1, 0.15) is 12.5 Å². The number of aliphatic hydroxyl groups excluding tert-OH is 2. The van der Waals surface area contributed by atoms with Crippen molar-refractivity contribution in [3.8, 4) is 0 Å². The van der Waals surface area contributed by atoms with Gasteiger partial charge in [-0.2, -0.15) is 9.97 Å². The topological polar surface area (TPSA) is 119 Å². The van der Waals surface area contributed by atoms with Gasteiger partial charge in [0.05, 0.1) is 31.7 Å². The van der Waals surface area contributed by atoms with Crippen molar-refractivity contribution in [3.05, 3.63) is 11.5 Å². The highest BCUT2D eigenvalue weighted by Crippen LogP contribution is 2.28. The predicted molar refractivity (Wildman–Crippen MR) is 71.2 cm³/mol. The van der Waals surface area contributed by atoms with Gasteiger partial charge < -0.3 is 25.3 Å². The van der Waals surface area contributed by atoms with Crippen LogP contribution in [0, 0.1) is 0 Å². The lowest BCUT2D eigenvalue weighted by molar-refractivity contribution is -0.112. The highest BCUT2D eigenvalue weighted by atomic mass is 35.5. The Morgan fingerprint density at radius 3 is 3.00 bits per heavy atom. The number of anilines is 1. The summed E-state index contributed by atoms with van der Waals surface area (Å²) in [5.41, 5.74) is 6.56. The fourth-order valence-electron chi connectivity index (χ4n) is 2.38. The summed E-state index contributed by atoms with van der Waals surface area (Å²) in [6.07, 6.45) is 0.707. The fourth-order valence-corrected chi connectivity index (χ4v) is 2.60. The molecule has 0 spiro atoms. The third-order valence-electron chi connectivity index (χ3n) is 3.41. The van der Waals surface area contributed by atoms with Crippen molar-refractivity contribution in [2.24, 2.45) is 0 Å². The molecule has 1 fully saturated rings. The number of nitrogen functional groups attached to an aromatic ring is 1. The molecule has 0 unspecified atom stereocenters. The molecule has 2 aromatic heterocycles. The molecule has 0 bridgehead atoms. The van der Waals surface area contributed by atoms with Gasteiger partial charge in [-0.05, 0) is 6.42 Å². The normalized spacial score (nSPS) is 27.1. The lowest BCUT2D eigenvalue weighted by Gasteiger charge is -2.33. The summed E-state index contributed by atoms with van der Waals surface area (Å²) in [6, 6.07) is -0.150. The van der Waals surface area contributed by atoms with Crippen LogP contribution >= 0.6 is 11.6 Å². The molecule has 3 atom stereocenters. The summed E-state index contributed by atoms with van der Waals surface area (Å²) < 4.78 is 7.19. The maximum absolute atomic E-state index is 9.92. The number of nitrogens with two attached hydrogens (primary N) is 1. The van der Waals surface area contributed by atoms with Crippen LogP contribution in [0.2, 0.25) is 5.15 Å². The molecule has 9 heteroatoms. The first-order valence-electron chi connectivity index (χ1n) is 6.16. The largest absolute Gasteiger partial charge is 0.394 e. The van der Waals surface area contributed by atoms with E-state index in [1.54, 1.807) is 10.9 Å². The van der Waals surface area contributed by atoms with E-state index in [9.17, 15) is 5.11 Å². The zero-order chi connectivity index (χ0) is 14.3. The molecule has 0 radical (unpaired) electrons. The molecule has 8 nitrogen and oxygen atoms in total. The van der Waals surface area contributed by atoms with Gasteiger partial charge in [-0.3, -0.25) is 0 Å². The second kappa shape index (κ2) is 5.13. The Kier molecular flexibility index (Phi) is 3.47. The zero-order valence-electron chi connectivity index (χ0n) is 10.5. The predicted octanol–water partition coefficient (Wildman–Crippen LogP) is -0.255. The zero-order valence-corrected chi connectivity index (χ0v) is 11.2. The number of imidazole rings is 1. The molecule has 1 saturated heterocycles. The highest BCUT2D eigenvalue weighted by molar-refractivity contribution is 6.33. The van der Waals surface area contributed by atoms with Crippen molar-refractivity contribution in [2.75, 3.05) is 18.9 Å². The van der Waals surface area contributed by atoms with Crippen molar-refractivity contribution in [3.63, 3.8) is 0 Å². The van der Waals surface area contributed by atoms with Crippen LogP contribution < -0.4 is 5.73 Å². The van der Waals surface area contributed by atoms with Crippen molar-refractivity contribution in [1.29, 1.82) is 0 Å². The summed E-state index contributed by atoms with van der Waals surface area (Å²) in [4.78, 5) is 12.1. The Bertz CT molecular complexity index is 634. The van der Waals surface area contributed by atoms with E-state index < -0.39 is 12.2 Å². The van der Waals surface area contributed by atoms with Crippen molar-refractivity contribution >= 4 is 28.7 Å². The summed E-state index contributed by atoms with van der Waals surface area (Å²) in [5.74, 6) is 0.0646. The lowest BCUT2D eigenvalue weighted by Crippen LogP contribution is -2.41. The van der Waals surface area contributed by atoms with Gasteiger partial charge in [-0.25, -0.2) is 4.98 Å². The molecule has 0 saturated carbocycles. The van der Waals surface area contributed by atoms with Crippen molar-refractivity contribution in [2.45, 2.75) is 24.7 Å². The third kappa shape index (κ3) is 2.20. The molecule has 3 heterocycles. The lowest BCUT2D eigenvalue weighted by atomic mass is 10.0. The molecule has 2 aromatic rings. The Labute approximate surface area is 119 Å². The molecular formula is C11H14ClN5O3. The summed E-state index contributed by atoms with van der Waals surface area (Å²) in [5, 5.41) is 19.2. The Morgan fingerprint density at radius 2 is 2.30 bits per heavy atom. The van der Waals surface area contributed by atoms with Crippen LogP contribution in [0.5, 0.6) is 0 Å². The highest BCUT2D eigenvalue weighted by Gasteiger charge is 2.31. The molecule has 3 rings (SSSR count). The summed E-state index contributed by atoms with van der Waals surface area (Å²) >= 11 is 5.97. The van der Waals surface area contributed by atoms with E-state index in [0.717, 1.165) is 0 Å². The second-order valence-corrected chi connectivity index (χ2v) is 5.07. The molecule has 20 heavy (non-hydrogen) atoms. The first-order valence-corrected chi connectivity index (χ1v) is 6.54. The number of aromatic nitrogens is 4. The van der Waals surface area contributed by atoms with E-state index in [0.29, 0.717) is 24.2 Å². The van der Waals surface area contributed by atoms with Gasteiger partial charge in [0.25, 0.3) is 0 Å². The molecule has 1 aliphatic rings. The van der Waals surface area contributed by atoms with Gasteiger partial charge in [0.15, 0.2) is 10.8 Å². The van der Waals surface area contributed by atoms with Gasteiger partial charge in [-0.15, -0.1) is 0 Å². The SMILES string of the molecule is Nc1nc(Cl)c2ncn([C@@H]3CO[C@H](CO)[C@@H](O)C3)c2n1. The standard InChI is InChI=1S/C11H14ClN5O3/c12-9-8-10(16-11(13)15-9)17(4-14-8)5-1-6(19)7(2-18)20-3-5/h4-7,18-19H,1-3H2,(H2,13,15,16)/t5-,6-,7+/m0/s1. The van der Waals surface area contributed by atoms with Gasteiger partial charge >= 0.3 is 0 Å². The molecule has 4 N–H and O–H groups in total. The summed E-state index contributed by atoms with van der Waals surface area (Å²) in [7, 11) is 0. The number of rotatable bonds is 2. The Hall–Kier alpha value is -1.48. The molecule has 108 valence electrons. The third-order valence-corrected chi connectivity index (χ3v) is 3.68. The molecule has 0 aliphatic carbocycles. The molecular weight excluding hydrogens is 286 g/mol. The average Bonchev–Trinajstić information content (AvgIpc) is 2.82. The van der Waals surface area contributed by atoms with Crippen molar-refractivity contribution < 1.29 is 14.9 Å². The van der Waals surface area contributed by atoms with E-state index in [-0.39, 0.29) is 23.8 Å². The van der Waals surface area contributed by atoms with E-state index in [1.165, 1.54) is 0 Å². The minimum atomic E-state index is -0.745. The second-order valence-electron chi connectivity index (χ2n) is 4.71. The average molecular weight is 300 g/mol. The maximum atomic E-state index is 9.92. The first kappa shape index (κ1) is 13.5. The summed E-state index contributed by atoms with van der Waals surface area (Å²) in [6.45, 7) is 0.134. The van der Waals surface area contributed by atoms with Gasteiger partial charge in [0.1, 0.15) is 11.6 Å². The number of aliphatic hydroxyl groups is 2. The monoisotopic (exact) mass is 299 g/mol. The van der Waals surface area contributed by atoms with E-state index in [4.69, 9.17) is 27.2 Å². The molecule has 0 aromatic carbocycles. The Balaban J connectivity index is 1.95. The fraction of sp³-hybridized carbons (Fsp3) is 0.545. The number of nitrogens with zero attached hydrogens (tertiary/aromatic N) is 4. The smallest absolute Gasteiger partial charge is 0.223 e. The van der Waals surface area contributed by atoms with Crippen LogP contribution in [0.4, 0.5) is 5.95 Å². The minimum absolute atomic E-state index is 0.0646. The van der Waals surface area contributed by atoms with Crippen molar-refractivity contribution in [1.82, 2.24) is 19.5 Å². The number of hydrogen-bond donors (Lipinski definition) is 3. The van der Waals surface area contributed by atoms with Gasteiger partial charge in [-0.1, -0.05) is 11.6 Å². The van der Waals surface area contributed by atoms with Gasteiger partial charge in [0, 0.05) is 0 Å². The van der Waals surface area contributed by atoms with E-state index >= 15 is 0 Å². The number of halogens is 1. The minimum Gasteiger partial charge on any atom is -0.394 e. The van der Waals surface area contributed by atoms with Crippen LogP contribution in [-0.2, 0) is 4.74 Å². The number of ether oxygens (including phenoxy) is 1. The van der Waals surface area contributed by atoms with Crippen LogP contribution in [0.15, 0.2) is 6.33 Å². The number of hydrogen-bond acceptors (Lipinski definition) is 7. The van der Waals surface area contributed by atoms with E-state index in [2.05, 4.69) is 15.0 Å². The molecule has 1 aliphatic heterocycles. The van der Waals surface area contributed by atoms with E-state index in [1.807, 2.05) is 0 Å². The molecule has 0 amide bonds. The van der Waals surface area contributed by atoms with Crippen LogP contribution in [0.25, 0.3) is 11.2 Å². The Morgan fingerprint density at radius 1 is 1.50 bits per heavy atom. The van der Waals surface area contributed by atoms with Crippen LogP contribution in [0.3, 0.4) is 0 Å². The maximum Gasteiger partial charge on any atom is 0.223 e. The first-order chi connectivity index (χ1) is 9.60. The number of fused-ring (bicyclic) bond motifs is 1.